The molecule has 9 heteroatoms. The molecular weight excluding hydrogens is 434 g/mol. The topological polar surface area (TPSA) is 92.5 Å². The maximum absolute atomic E-state index is 12.9. The van der Waals surface area contributed by atoms with Gasteiger partial charge in [-0.1, -0.05) is 29.8 Å². The van der Waals surface area contributed by atoms with Gasteiger partial charge in [0.2, 0.25) is 15.9 Å². The van der Waals surface area contributed by atoms with Gasteiger partial charge < -0.3 is 9.73 Å². The van der Waals surface area contributed by atoms with Crippen LogP contribution in [0.3, 0.4) is 0 Å². The summed E-state index contributed by atoms with van der Waals surface area (Å²) < 4.78 is 33.0. The number of oxazole rings is 1. The zero-order valence-corrected chi connectivity index (χ0v) is 19.3. The zero-order valence-electron chi connectivity index (χ0n) is 17.6. The average molecular weight is 464 g/mol. The molecule has 0 unspecified atom stereocenters. The number of amides is 1. The van der Waals surface area contributed by atoms with E-state index in [9.17, 15) is 13.2 Å². The Morgan fingerprint density at radius 3 is 2.77 bits per heavy atom. The number of aromatic nitrogens is 1. The quantitative estimate of drug-likeness (QED) is 0.468. The molecule has 168 valence electrons. The fourth-order valence-electron chi connectivity index (χ4n) is 4.04. The van der Waals surface area contributed by atoms with Crippen molar-refractivity contribution in [3.63, 3.8) is 0 Å². The number of thioether (sulfide) groups is 1. The summed E-state index contributed by atoms with van der Waals surface area (Å²) in [5.74, 6) is 0.155. The molecule has 1 amide bonds. The summed E-state index contributed by atoms with van der Waals surface area (Å²) in [5.41, 5.74) is 2.45. The molecule has 0 atom stereocenters. The van der Waals surface area contributed by atoms with Gasteiger partial charge in [0.1, 0.15) is 5.52 Å². The third-order valence-corrected chi connectivity index (χ3v) is 8.49. The number of fused-ring (bicyclic) bond motifs is 1. The van der Waals surface area contributed by atoms with E-state index in [4.69, 9.17) is 4.42 Å². The second-order valence-corrected chi connectivity index (χ2v) is 10.9. The van der Waals surface area contributed by atoms with E-state index in [2.05, 4.69) is 16.4 Å². The molecule has 4 rings (SSSR count). The van der Waals surface area contributed by atoms with E-state index >= 15 is 0 Å². The number of benzene rings is 1. The van der Waals surface area contributed by atoms with Gasteiger partial charge in [-0.25, -0.2) is 13.4 Å². The van der Waals surface area contributed by atoms with Crippen molar-refractivity contribution < 1.29 is 17.6 Å². The van der Waals surface area contributed by atoms with Crippen LogP contribution in [0.2, 0.25) is 0 Å². The SMILES string of the molecule is O=C(CSc1nc2cc(S(=O)(=O)N3CCCCC3)ccc2o1)NCCC1=CCCCC1. The van der Waals surface area contributed by atoms with Crippen LogP contribution in [0.4, 0.5) is 0 Å². The third kappa shape index (κ3) is 5.70. The van der Waals surface area contributed by atoms with Crippen molar-refractivity contribution in [2.45, 2.75) is 61.5 Å². The molecule has 0 radical (unpaired) electrons. The molecule has 2 aliphatic rings. The molecular formula is C22H29N3O4S2. The Hall–Kier alpha value is -1.84. The molecule has 1 fully saturated rings. The van der Waals surface area contributed by atoms with Crippen LogP contribution in [0.5, 0.6) is 0 Å². The lowest BCUT2D eigenvalue weighted by molar-refractivity contribution is -0.118. The Morgan fingerprint density at radius 2 is 2.00 bits per heavy atom. The molecule has 0 spiro atoms. The fraction of sp³-hybridized carbons (Fsp3) is 0.545. The van der Waals surface area contributed by atoms with Crippen molar-refractivity contribution >= 4 is 38.8 Å². The molecule has 1 aliphatic carbocycles. The number of carbonyl (C=O) groups excluding carboxylic acids is 1. The smallest absolute Gasteiger partial charge is 0.257 e. The Bertz CT molecular complexity index is 1060. The Balaban J connectivity index is 1.32. The van der Waals surface area contributed by atoms with Crippen molar-refractivity contribution in [3.05, 3.63) is 29.8 Å². The minimum Gasteiger partial charge on any atom is -0.431 e. The van der Waals surface area contributed by atoms with Crippen molar-refractivity contribution in [2.75, 3.05) is 25.4 Å². The standard InChI is InChI=1S/C22H29N3O4S2/c26-21(23-12-11-17-7-3-1-4-8-17)16-30-22-24-19-15-18(9-10-20(19)29-22)31(27,28)25-13-5-2-6-14-25/h7,9-10,15H,1-6,8,11-14,16H2,(H,23,26). The maximum atomic E-state index is 12.9. The summed E-state index contributed by atoms with van der Waals surface area (Å²) >= 11 is 1.22. The average Bonchev–Trinajstić information content (AvgIpc) is 3.21. The highest BCUT2D eigenvalue weighted by Gasteiger charge is 2.26. The Morgan fingerprint density at radius 1 is 1.16 bits per heavy atom. The summed E-state index contributed by atoms with van der Waals surface area (Å²) in [6.45, 7) is 1.77. The molecule has 0 saturated carbocycles. The zero-order chi connectivity index (χ0) is 21.7. The Labute approximate surface area is 187 Å². The van der Waals surface area contributed by atoms with Crippen molar-refractivity contribution in [2.24, 2.45) is 0 Å². The van der Waals surface area contributed by atoms with Crippen LogP contribution in [0.15, 0.2) is 44.4 Å². The molecule has 1 saturated heterocycles. The minimum absolute atomic E-state index is 0.0583. The third-order valence-electron chi connectivity index (χ3n) is 5.77. The van der Waals surface area contributed by atoms with E-state index in [0.717, 1.165) is 38.5 Å². The van der Waals surface area contributed by atoms with E-state index in [1.165, 1.54) is 30.2 Å². The van der Waals surface area contributed by atoms with E-state index in [1.807, 2.05) is 0 Å². The number of piperidine rings is 1. The highest BCUT2D eigenvalue weighted by molar-refractivity contribution is 7.99. The molecule has 2 aromatic rings. The second-order valence-electron chi connectivity index (χ2n) is 8.07. The van der Waals surface area contributed by atoms with Crippen LogP contribution in [-0.4, -0.2) is 49.0 Å². The van der Waals surface area contributed by atoms with Gasteiger partial charge in [-0.3, -0.25) is 4.79 Å². The summed E-state index contributed by atoms with van der Waals surface area (Å²) in [6, 6.07) is 4.77. The first-order valence-corrected chi connectivity index (χ1v) is 13.4. The van der Waals surface area contributed by atoms with Crippen molar-refractivity contribution in [3.8, 4) is 0 Å². The lowest BCUT2D eigenvalue weighted by Gasteiger charge is -2.25. The fourth-order valence-corrected chi connectivity index (χ4v) is 6.24. The van der Waals surface area contributed by atoms with Gasteiger partial charge in [0.05, 0.1) is 10.6 Å². The van der Waals surface area contributed by atoms with Gasteiger partial charge in [-0.15, -0.1) is 0 Å². The molecule has 7 nitrogen and oxygen atoms in total. The van der Waals surface area contributed by atoms with Crippen LogP contribution < -0.4 is 5.32 Å². The predicted octanol–water partition coefficient (Wildman–Crippen LogP) is 4.10. The summed E-state index contributed by atoms with van der Waals surface area (Å²) in [5, 5.41) is 3.31. The first-order chi connectivity index (χ1) is 15.0. The number of hydrogen-bond donors (Lipinski definition) is 1. The number of nitrogens with one attached hydrogen (secondary N) is 1. The van der Waals surface area contributed by atoms with Gasteiger partial charge in [0.25, 0.3) is 5.22 Å². The molecule has 1 aromatic carbocycles. The maximum Gasteiger partial charge on any atom is 0.257 e. The highest BCUT2D eigenvalue weighted by atomic mass is 32.2. The first-order valence-electron chi connectivity index (χ1n) is 11.0. The van der Waals surface area contributed by atoms with Gasteiger partial charge in [-0.2, -0.15) is 4.31 Å². The summed E-state index contributed by atoms with van der Waals surface area (Å²) in [7, 11) is -3.51. The highest BCUT2D eigenvalue weighted by Crippen LogP contribution is 2.27. The van der Waals surface area contributed by atoms with Crippen LogP contribution in [0, 0.1) is 0 Å². The number of carbonyl (C=O) groups is 1. The normalized spacial score (nSPS) is 18.1. The van der Waals surface area contributed by atoms with Gasteiger partial charge >= 0.3 is 0 Å². The van der Waals surface area contributed by atoms with Gasteiger partial charge in [0.15, 0.2) is 5.58 Å². The minimum atomic E-state index is -3.51. The molecule has 2 heterocycles. The first kappa shape index (κ1) is 22.4. The number of allylic oxidation sites excluding steroid dienone is 1. The van der Waals surface area contributed by atoms with E-state index in [1.54, 1.807) is 22.5 Å². The largest absolute Gasteiger partial charge is 0.431 e. The van der Waals surface area contributed by atoms with Crippen molar-refractivity contribution in [1.82, 2.24) is 14.6 Å². The Kier molecular flexibility index (Phi) is 7.35. The molecule has 0 bridgehead atoms. The van der Waals surface area contributed by atoms with E-state index in [-0.39, 0.29) is 16.6 Å². The number of nitrogens with zero attached hydrogens (tertiary/aromatic N) is 2. The summed E-state index contributed by atoms with van der Waals surface area (Å²) in [6.07, 6.45) is 10.9. The van der Waals surface area contributed by atoms with E-state index in [0.29, 0.717) is 36.0 Å². The lowest BCUT2D eigenvalue weighted by Crippen LogP contribution is -2.35. The molecule has 1 N–H and O–H groups in total. The predicted molar refractivity (Wildman–Crippen MR) is 122 cm³/mol. The lowest BCUT2D eigenvalue weighted by atomic mass is 9.97. The molecule has 1 aliphatic heterocycles. The number of rotatable bonds is 8. The van der Waals surface area contributed by atoms with E-state index < -0.39 is 10.0 Å². The molecule has 1 aromatic heterocycles. The van der Waals surface area contributed by atoms with Gasteiger partial charge in [0, 0.05) is 19.6 Å². The van der Waals surface area contributed by atoms with Gasteiger partial charge in [-0.05, 0) is 63.1 Å². The van der Waals surface area contributed by atoms with Crippen LogP contribution in [-0.2, 0) is 14.8 Å². The van der Waals surface area contributed by atoms with Crippen LogP contribution in [0.1, 0.15) is 51.4 Å². The van der Waals surface area contributed by atoms with Crippen molar-refractivity contribution in [1.29, 1.82) is 0 Å². The number of sulfonamides is 1. The monoisotopic (exact) mass is 463 g/mol. The summed E-state index contributed by atoms with van der Waals surface area (Å²) in [4.78, 5) is 16.7. The number of hydrogen-bond acceptors (Lipinski definition) is 6. The van der Waals surface area contributed by atoms with Crippen LogP contribution in [0.25, 0.3) is 11.1 Å². The second kappa shape index (κ2) is 10.2. The molecule has 31 heavy (non-hydrogen) atoms. The van der Waals surface area contributed by atoms with Crippen LogP contribution >= 0.6 is 11.8 Å².